The van der Waals surface area contributed by atoms with Gasteiger partial charge in [-0.1, -0.05) is 6.42 Å². The molecule has 128 valence electrons. The van der Waals surface area contributed by atoms with Gasteiger partial charge in [-0.25, -0.2) is 4.68 Å². The Morgan fingerprint density at radius 2 is 2.09 bits per heavy atom. The molecule has 2 fully saturated rings. The first-order chi connectivity index (χ1) is 11.0. The second-order valence-electron chi connectivity index (χ2n) is 7.26. The summed E-state index contributed by atoms with van der Waals surface area (Å²) in [6.45, 7) is 4.13. The minimum atomic E-state index is 0.0708. The molecule has 1 saturated carbocycles. The number of rotatable bonds is 4. The van der Waals surface area contributed by atoms with Crippen LogP contribution in [0.25, 0.3) is 0 Å². The van der Waals surface area contributed by atoms with Crippen molar-refractivity contribution in [2.45, 2.75) is 57.5 Å². The van der Waals surface area contributed by atoms with Crippen molar-refractivity contribution in [3.8, 4) is 0 Å². The van der Waals surface area contributed by atoms with Gasteiger partial charge in [-0.15, -0.1) is 0 Å². The molecule has 1 aliphatic carbocycles. The molecule has 2 atom stereocenters. The normalized spacial score (nSPS) is 26.6. The van der Waals surface area contributed by atoms with Crippen LogP contribution in [0.1, 0.15) is 50.3 Å². The summed E-state index contributed by atoms with van der Waals surface area (Å²) in [4.78, 5) is 14.7. The summed E-state index contributed by atoms with van der Waals surface area (Å²) in [6.07, 6.45) is 5.94. The molecule has 1 saturated heterocycles. The molecule has 3 rings (SSSR count). The lowest BCUT2D eigenvalue weighted by molar-refractivity contribution is -0.117. The average Bonchev–Trinajstić information content (AvgIpc) is 3.06. The van der Waals surface area contributed by atoms with Gasteiger partial charge in [-0.05, 0) is 58.7 Å². The molecule has 1 aromatic heterocycles. The van der Waals surface area contributed by atoms with Crippen LogP contribution in [0.3, 0.4) is 0 Å². The number of aryl methyl sites for hydroxylation is 1. The highest BCUT2D eigenvalue weighted by Crippen LogP contribution is 2.28. The predicted octanol–water partition coefficient (Wildman–Crippen LogP) is 1.91. The monoisotopic (exact) mass is 319 g/mol. The highest BCUT2D eigenvalue weighted by molar-refractivity contribution is 5.90. The Morgan fingerprint density at radius 1 is 1.35 bits per heavy atom. The van der Waals surface area contributed by atoms with E-state index in [-0.39, 0.29) is 11.9 Å². The summed E-state index contributed by atoms with van der Waals surface area (Å²) < 4.78 is 2.02. The zero-order valence-electron chi connectivity index (χ0n) is 14.3. The molecule has 3 N–H and O–H groups in total. The van der Waals surface area contributed by atoms with E-state index in [1.165, 1.54) is 0 Å². The van der Waals surface area contributed by atoms with Gasteiger partial charge < -0.3 is 16.0 Å². The number of hydrogen-bond acceptors (Lipinski definition) is 4. The van der Waals surface area contributed by atoms with Crippen LogP contribution in [0.15, 0.2) is 6.07 Å². The standard InChI is InChI=1S/C17H29N5O/c1-12-10-16(19-17(23)11-13-4-3-5-15(13)18)22(20-12)14-6-8-21(2)9-7-14/h10,13-15H,3-9,11,18H2,1-2H3,(H,19,23)/t13-,15+/m0/s1. The number of nitrogens with one attached hydrogen (secondary N) is 1. The maximum Gasteiger partial charge on any atom is 0.225 e. The summed E-state index contributed by atoms with van der Waals surface area (Å²) in [5, 5.41) is 7.70. The first-order valence-corrected chi connectivity index (χ1v) is 8.83. The van der Waals surface area contributed by atoms with E-state index in [9.17, 15) is 4.79 Å². The van der Waals surface area contributed by atoms with Gasteiger partial charge in [0.2, 0.25) is 5.91 Å². The van der Waals surface area contributed by atoms with Crippen molar-refractivity contribution in [2.75, 3.05) is 25.5 Å². The lowest BCUT2D eigenvalue weighted by Crippen LogP contribution is -2.33. The van der Waals surface area contributed by atoms with Crippen molar-refractivity contribution < 1.29 is 4.79 Å². The third kappa shape index (κ3) is 3.93. The minimum absolute atomic E-state index is 0.0708. The van der Waals surface area contributed by atoms with E-state index in [4.69, 9.17) is 5.73 Å². The summed E-state index contributed by atoms with van der Waals surface area (Å²) in [6, 6.07) is 2.54. The van der Waals surface area contributed by atoms with Crippen LogP contribution < -0.4 is 11.1 Å². The van der Waals surface area contributed by atoms with E-state index in [0.29, 0.717) is 18.4 Å². The van der Waals surface area contributed by atoms with Crippen LogP contribution in [-0.4, -0.2) is 46.8 Å². The quantitative estimate of drug-likeness (QED) is 0.889. The van der Waals surface area contributed by atoms with E-state index in [0.717, 1.165) is 56.7 Å². The molecule has 1 amide bonds. The highest BCUT2D eigenvalue weighted by Gasteiger charge is 2.27. The lowest BCUT2D eigenvalue weighted by atomic mass is 10.00. The fraction of sp³-hybridized carbons (Fsp3) is 0.765. The molecule has 2 aliphatic rings. The second kappa shape index (κ2) is 7.01. The van der Waals surface area contributed by atoms with E-state index in [1.54, 1.807) is 0 Å². The Hall–Kier alpha value is -1.40. The zero-order valence-corrected chi connectivity index (χ0v) is 14.3. The van der Waals surface area contributed by atoms with Crippen LogP contribution in [0, 0.1) is 12.8 Å². The third-order valence-electron chi connectivity index (χ3n) is 5.32. The van der Waals surface area contributed by atoms with Gasteiger partial charge in [-0.3, -0.25) is 4.79 Å². The number of carbonyl (C=O) groups excluding carboxylic acids is 1. The maximum atomic E-state index is 12.4. The van der Waals surface area contributed by atoms with Gasteiger partial charge in [-0.2, -0.15) is 5.10 Å². The van der Waals surface area contributed by atoms with Gasteiger partial charge in [0.05, 0.1) is 11.7 Å². The summed E-state index contributed by atoms with van der Waals surface area (Å²) in [7, 11) is 2.15. The SMILES string of the molecule is Cc1cc(NC(=O)C[C@@H]2CCC[C@H]2N)n(C2CCN(C)CC2)n1. The van der Waals surface area contributed by atoms with Gasteiger partial charge in [0.1, 0.15) is 5.82 Å². The van der Waals surface area contributed by atoms with E-state index >= 15 is 0 Å². The number of nitrogens with two attached hydrogens (primary N) is 1. The molecule has 0 aromatic carbocycles. The summed E-state index contributed by atoms with van der Waals surface area (Å²) >= 11 is 0. The molecule has 6 nitrogen and oxygen atoms in total. The van der Waals surface area contributed by atoms with Gasteiger partial charge in [0.15, 0.2) is 0 Å². The Bertz CT molecular complexity index is 547. The van der Waals surface area contributed by atoms with E-state index in [1.807, 2.05) is 17.7 Å². The van der Waals surface area contributed by atoms with Crippen molar-refractivity contribution in [3.63, 3.8) is 0 Å². The Morgan fingerprint density at radius 3 is 2.74 bits per heavy atom. The van der Waals surface area contributed by atoms with Crippen LogP contribution in [0.5, 0.6) is 0 Å². The topological polar surface area (TPSA) is 76.2 Å². The molecule has 0 radical (unpaired) electrons. The number of amides is 1. The molecule has 23 heavy (non-hydrogen) atoms. The van der Waals surface area contributed by atoms with Crippen molar-refractivity contribution in [1.82, 2.24) is 14.7 Å². The summed E-state index contributed by atoms with van der Waals surface area (Å²) in [5.41, 5.74) is 7.04. The zero-order chi connectivity index (χ0) is 16.4. The lowest BCUT2D eigenvalue weighted by Gasteiger charge is -2.30. The molecule has 0 bridgehead atoms. The Kier molecular flexibility index (Phi) is 5.02. The highest BCUT2D eigenvalue weighted by atomic mass is 16.1. The van der Waals surface area contributed by atoms with E-state index < -0.39 is 0 Å². The van der Waals surface area contributed by atoms with Crippen molar-refractivity contribution >= 4 is 11.7 Å². The number of likely N-dealkylation sites (tertiary alicyclic amines) is 1. The molecule has 1 aromatic rings. The fourth-order valence-electron chi connectivity index (χ4n) is 3.88. The first-order valence-electron chi connectivity index (χ1n) is 8.83. The number of carbonyl (C=O) groups is 1. The Balaban J connectivity index is 1.64. The number of piperidine rings is 1. The fourth-order valence-corrected chi connectivity index (χ4v) is 3.88. The molecule has 1 aliphatic heterocycles. The third-order valence-corrected chi connectivity index (χ3v) is 5.32. The largest absolute Gasteiger partial charge is 0.327 e. The molecule has 2 heterocycles. The van der Waals surface area contributed by atoms with Crippen LogP contribution in [0.4, 0.5) is 5.82 Å². The number of anilines is 1. The molecule has 0 unspecified atom stereocenters. The van der Waals surface area contributed by atoms with Crippen LogP contribution in [0.2, 0.25) is 0 Å². The van der Waals surface area contributed by atoms with Gasteiger partial charge in [0, 0.05) is 18.5 Å². The molecule has 6 heteroatoms. The number of hydrogen-bond donors (Lipinski definition) is 2. The Labute approximate surface area is 138 Å². The number of nitrogens with zero attached hydrogens (tertiary/aromatic N) is 3. The molecule has 0 spiro atoms. The van der Waals surface area contributed by atoms with Crippen molar-refractivity contribution in [1.29, 1.82) is 0 Å². The predicted molar refractivity (Wildman–Crippen MR) is 91.3 cm³/mol. The van der Waals surface area contributed by atoms with Crippen molar-refractivity contribution in [2.24, 2.45) is 11.7 Å². The summed E-state index contributed by atoms with van der Waals surface area (Å²) in [5.74, 6) is 1.24. The second-order valence-corrected chi connectivity index (χ2v) is 7.26. The minimum Gasteiger partial charge on any atom is -0.327 e. The van der Waals surface area contributed by atoms with Gasteiger partial charge >= 0.3 is 0 Å². The first kappa shape index (κ1) is 16.5. The van der Waals surface area contributed by atoms with Crippen LogP contribution in [-0.2, 0) is 4.79 Å². The average molecular weight is 319 g/mol. The maximum absolute atomic E-state index is 12.4. The molecular formula is C17H29N5O. The number of aromatic nitrogens is 2. The van der Waals surface area contributed by atoms with Crippen molar-refractivity contribution in [3.05, 3.63) is 11.8 Å². The molecular weight excluding hydrogens is 290 g/mol. The smallest absolute Gasteiger partial charge is 0.225 e. The van der Waals surface area contributed by atoms with Crippen LogP contribution >= 0.6 is 0 Å². The van der Waals surface area contributed by atoms with E-state index in [2.05, 4.69) is 22.4 Å². The van der Waals surface area contributed by atoms with Gasteiger partial charge in [0.25, 0.3) is 0 Å².